The molecule has 21 heavy (non-hydrogen) atoms. The molecule has 0 aromatic heterocycles. The van der Waals surface area contributed by atoms with Gasteiger partial charge < -0.3 is 11.1 Å². The predicted octanol–water partition coefficient (Wildman–Crippen LogP) is 2.90. The van der Waals surface area contributed by atoms with Gasteiger partial charge in [-0.2, -0.15) is 0 Å². The van der Waals surface area contributed by atoms with E-state index < -0.39 is 5.41 Å². The number of hydrogen-bond donors (Lipinski definition) is 2. The highest BCUT2D eigenvalue weighted by molar-refractivity contribution is 5.91. The molecule has 0 aromatic rings. The molecule has 0 aliphatic carbocycles. The first-order valence-electron chi connectivity index (χ1n) is 8.16. The zero-order valence-corrected chi connectivity index (χ0v) is 14.7. The van der Waals surface area contributed by atoms with Gasteiger partial charge in [0.1, 0.15) is 0 Å². The Morgan fingerprint density at radius 2 is 1.67 bits per heavy atom. The van der Waals surface area contributed by atoms with Crippen LogP contribution in [0.3, 0.4) is 0 Å². The first-order chi connectivity index (χ1) is 9.61. The summed E-state index contributed by atoms with van der Waals surface area (Å²) in [6.45, 7) is 12.5. The van der Waals surface area contributed by atoms with Gasteiger partial charge in [-0.25, -0.2) is 0 Å². The lowest BCUT2D eigenvalue weighted by atomic mass is 9.82. The number of nitrogens with two attached hydrogens (primary N) is 1. The lowest BCUT2D eigenvalue weighted by Crippen LogP contribution is -2.48. The minimum Gasteiger partial charge on any atom is -0.346 e. The molecule has 0 aromatic carbocycles. The van der Waals surface area contributed by atoms with Crippen LogP contribution in [0.5, 0.6) is 0 Å². The van der Waals surface area contributed by atoms with Crippen molar-refractivity contribution in [2.45, 2.75) is 73.3 Å². The number of rotatable bonds is 10. The number of carbonyl (C=O) groups excluding carboxylic acids is 2. The van der Waals surface area contributed by atoms with Gasteiger partial charge in [-0.05, 0) is 38.1 Å². The van der Waals surface area contributed by atoms with Gasteiger partial charge in [0.15, 0.2) is 5.78 Å². The fraction of sp³-hybridized carbons (Fsp3) is 0.882. The third kappa shape index (κ3) is 7.60. The molecule has 1 atom stereocenters. The molecule has 3 N–H and O–H groups in total. The van der Waals surface area contributed by atoms with Crippen LogP contribution in [0.15, 0.2) is 0 Å². The van der Waals surface area contributed by atoms with Gasteiger partial charge in [0.05, 0.1) is 6.04 Å². The van der Waals surface area contributed by atoms with E-state index in [1.54, 1.807) is 0 Å². The molecule has 0 bridgehead atoms. The van der Waals surface area contributed by atoms with Gasteiger partial charge in [0.25, 0.3) is 0 Å². The molecule has 4 heteroatoms. The highest BCUT2D eigenvalue weighted by Gasteiger charge is 2.32. The van der Waals surface area contributed by atoms with Gasteiger partial charge >= 0.3 is 0 Å². The monoisotopic (exact) mass is 298 g/mol. The number of nitrogens with one attached hydrogen (secondary N) is 1. The lowest BCUT2D eigenvalue weighted by Gasteiger charge is -2.29. The number of hydrogen-bond acceptors (Lipinski definition) is 3. The molecule has 0 spiro atoms. The molecule has 0 aliphatic rings. The van der Waals surface area contributed by atoms with Gasteiger partial charge in [-0.3, -0.25) is 9.59 Å². The van der Waals surface area contributed by atoms with Crippen molar-refractivity contribution < 1.29 is 9.59 Å². The van der Waals surface area contributed by atoms with Crippen molar-refractivity contribution in [2.24, 2.45) is 23.0 Å². The maximum absolute atomic E-state index is 12.5. The molecule has 1 amide bonds. The number of amides is 1. The number of carbonyl (C=O) groups is 2. The van der Waals surface area contributed by atoms with E-state index in [1.807, 2.05) is 27.7 Å². The average molecular weight is 298 g/mol. The van der Waals surface area contributed by atoms with Crippen LogP contribution in [0.2, 0.25) is 0 Å². The lowest BCUT2D eigenvalue weighted by molar-refractivity contribution is -0.135. The van der Waals surface area contributed by atoms with Crippen LogP contribution in [0.4, 0.5) is 0 Å². The minimum atomic E-state index is -0.447. The van der Waals surface area contributed by atoms with Crippen LogP contribution in [-0.4, -0.2) is 24.3 Å². The fourth-order valence-electron chi connectivity index (χ4n) is 2.65. The van der Waals surface area contributed by atoms with Crippen molar-refractivity contribution in [3.05, 3.63) is 0 Å². The SMILES string of the molecule is CC(C)CC(C)(C)C(=O)N[C@@H](CCCCN)C(=O)C(C)C. The molecule has 0 saturated carbocycles. The molecule has 0 rings (SSSR count). The fourth-order valence-corrected chi connectivity index (χ4v) is 2.65. The van der Waals surface area contributed by atoms with E-state index in [-0.39, 0.29) is 23.7 Å². The molecule has 0 aliphatic heterocycles. The summed E-state index contributed by atoms with van der Waals surface area (Å²) < 4.78 is 0. The van der Waals surface area contributed by atoms with Crippen LogP contribution in [0, 0.1) is 17.3 Å². The van der Waals surface area contributed by atoms with Crippen molar-refractivity contribution in [3.63, 3.8) is 0 Å². The second-order valence-corrected chi connectivity index (χ2v) is 7.35. The summed E-state index contributed by atoms with van der Waals surface area (Å²) in [6.07, 6.45) is 3.24. The summed E-state index contributed by atoms with van der Waals surface area (Å²) >= 11 is 0. The van der Waals surface area contributed by atoms with Crippen LogP contribution >= 0.6 is 0 Å². The van der Waals surface area contributed by atoms with Gasteiger partial charge in [-0.1, -0.05) is 41.5 Å². The van der Waals surface area contributed by atoms with Gasteiger partial charge in [0, 0.05) is 11.3 Å². The van der Waals surface area contributed by atoms with Crippen LogP contribution in [-0.2, 0) is 9.59 Å². The maximum atomic E-state index is 12.5. The zero-order valence-electron chi connectivity index (χ0n) is 14.7. The van der Waals surface area contributed by atoms with Gasteiger partial charge in [-0.15, -0.1) is 0 Å². The van der Waals surface area contributed by atoms with E-state index >= 15 is 0 Å². The minimum absolute atomic E-state index is 0.0250. The first-order valence-corrected chi connectivity index (χ1v) is 8.16. The summed E-state index contributed by atoms with van der Waals surface area (Å²) in [5.74, 6) is 0.465. The highest BCUT2D eigenvalue weighted by Crippen LogP contribution is 2.26. The van der Waals surface area contributed by atoms with E-state index in [2.05, 4.69) is 19.2 Å². The van der Waals surface area contributed by atoms with Crippen molar-refractivity contribution in [3.8, 4) is 0 Å². The van der Waals surface area contributed by atoms with E-state index in [1.165, 1.54) is 0 Å². The Bertz CT molecular complexity index is 336. The Labute approximate surface area is 130 Å². The second-order valence-electron chi connectivity index (χ2n) is 7.35. The summed E-state index contributed by atoms with van der Waals surface area (Å²) in [4.78, 5) is 24.8. The predicted molar refractivity (Wildman–Crippen MR) is 87.9 cm³/mol. The Hall–Kier alpha value is -0.900. The largest absolute Gasteiger partial charge is 0.346 e. The first kappa shape index (κ1) is 20.1. The van der Waals surface area contributed by atoms with E-state index in [0.29, 0.717) is 18.9 Å². The Morgan fingerprint density at radius 1 is 1.10 bits per heavy atom. The molecule has 0 unspecified atom stereocenters. The Morgan fingerprint density at radius 3 is 2.10 bits per heavy atom. The molecule has 0 heterocycles. The van der Waals surface area contributed by atoms with Crippen molar-refractivity contribution in [2.75, 3.05) is 6.54 Å². The third-order valence-electron chi connectivity index (χ3n) is 3.70. The molecule has 0 radical (unpaired) electrons. The number of Topliss-reactive ketones (excluding diaryl/α,β-unsaturated/α-hetero) is 1. The second kappa shape index (κ2) is 9.19. The Balaban J connectivity index is 4.78. The summed E-state index contributed by atoms with van der Waals surface area (Å²) in [7, 11) is 0. The van der Waals surface area contributed by atoms with E-state index in [9.17, 15) is 9.59 Å². The Kier molecular flexibility index (Phi) is 8.79. The van der Waals surface area contributed by atoms with Crippen molar-refractivity contribution >= 4 is 11.7 Å². The zero-order chi connectivity index (χ0) is 16.6. The number of unbranched alkanes of at least 4 members (excludes halogenated alkanes) is 1. The smallest absolute Gasteiger partial charge is 0.226 e. The quantitative estimate of drug-likeness (QED) is 0.609. The number of ketones is 1. The van der Waals surface area contributed by atoms with Crippen molar-refractivity contribution in [1.82, 2.24) is 5.32 Å². The van der Waals surface area contributed by atoms with Crippen LogP contribution < -0.4 is 11.1 Å². The normalized spacial score (nSPS) is 13.6. The van der Waals surface area contributed by atoms with E-state index in [0.717, 1.165) is 19.3 Å². The summed E-state index contributed by atoms with van der Waals surface area (Å²) in [5.41, 5.74) is 5.06. The topological polar surface area (TPSA) is 72.2 Å². The molecule has 0 saturated heterocycles. The highest BCUT2D eigenvalue weighted by atomic mass is 16.2. The molecule has 124 valence electrons. The molecule has 4 nitrogen and oxygen atoms in total. The maximum Gasteiger partial charge on any atom is 0.226 e. The van der Waals surface area contributed by atoms with Crippen LogP contribution in [0.1, 0.15) is 67.2 Å². The van der Waals surface area contributed by atoms with Crippen molar-refractivity contribution in [1.29, 1.82) is 0 Å². The van der Waals surface area contributed by atoms with Gasteiger partial charge in [0.2, 0.25) is 5.91 Å². The molecule has 0 fully saturated rings. The summed E-state index contributed by atoms with van der Waals surface area (Å²) in [5, 5.41) is 2.97. The third-order valence-corrected chi connectivity index (χ3v) is 3.70. The molecular formula is C17H34N2O2. The van der Waals surface area contributed by atoms with Crippen LogP contribution in [0.25, 0.3) is 0 Å². The average Bonchev–Trinajstić information content (AvgIpc) is 2.35. The molecular weight excluding hydrogens is 264 g/mol. The van der Waals surface area contributed by atoms with E-state index in [4.69, 9.17) is 5.73 Å². The summed E-state index contributed by atoms with van der Waals surface area (Å²) in [6, 6.07) is -0.379. The standard InChI is InChI=1S/C17H34N2O2/c1-12(2)11-17(5,6)16(21)19-14(9-7-8-10-18)15(20)13(3)4/h12-14H,7-11,18H2,1-6H3,(H,19,21)/t14-/m0/s1.